The molecule has 7 heteroatoms. The predicted molar refractivity (Wildman–Crippen MR) is 102 cm³/mol. The molecule has 0 saturated carbocycles. The Labute approximate surface area is 153 Å². The largest absolute Gasteiger partial charge is 0.479 e. The van der Waals surface area contributed by atoms with Crippen molar-refractivity contribution in [1.82, 2.24) is 4.57 Å². The number of nitrogens with one attached hydrogen (secondary N) is 1. The lowest BCUT2D eigenvalue weighted by Gasteiger charge is -2.15. The quantitative estimate of drug-likeness (QED) is 0.727. The lowest BCUT2D eigenvalue weighted by Crippen LogP contribution is -2.30. The molecule has 0 aliphatic rings. The first kappa shape index (κ1) is 17.5. The summed E-state index contributed by atoms with van der Waals surface area (Å²) in [4.78, 5) is 24.3. The van der Waals surface area contributed by atoms with Gasteiger partial charge in [-0.15, -0.1) is 0 Å². The van der Waals surface area contributed by atoms with Gasteiger partial charge in [-0.25, -0.2) is 0 Å². The number of carbonyl (C=O) groups is 1. The number of ether oxygens (including phenoxy) is 1. The molecule has 0 radical (unpaired) electrons. The molecular formula is C18H17ClN2O3S. The van der Waals surface area contributed by atoms with E-state index in [0.717, 1.165) is 21.6 Å². The number of fused-ring (bicyclic) bond motifs is 1. The molecule has 130 valence electrons. The fourth-order valence-corrected chi connectivity index (χ4v) is 3.65. The highest BCUT2D eigenvalue weighted by molar-refractivity contribution is 7.16. The van der Waals surface area contributed by atoms with Crippen LogP contribution >= 0.6 is 22.9 Å². The van der Waals surface area contributed by atoms with Gasteiger partial charge in [0.25, 0.3) is 5.91 Å². The molecule has 25 heavy (non-hydrogen) atoms. The Kier molecular flexibility index (Phi) is 5.11. The molecule has 1 atom stereocenters. The number of benzene rings is 2. The van der Waals surface area contributed by atoms with E-state index in [1.165, 1.54) is 0 Å². The Bertz CT molecular complexity index is 980. The maximum atomic E-state index is 12.3. The van der Waals surface area contributed by atoms with E-state index in [0.29, 0.717) is 23.0 Å². The van der Waals surface area contributed by atoms with Crippen molar-refractivity contribution >= 4 is 44.7 Å². The highest BCUT2D eigenvalue weighted by Crippen LogP contribution is 2.25. The molecule has 1 amide bonds. The predicted octanol–water partition coefficient (Wildman–Crippen LogP) is 4.14. The van der Waals surface area contributed by atoms with Crippen LogP contribution in [0.5, 0.6) is 5.75 Å². The summed E-state index contributed by atoms with van der Waals surface area (Å²) < 4.78 is 8.15. The molecule has 0 fully saturated rings. The van der Waals surface area contributed by atoms with Crippen LogP contribution in [-0.4, -0.2) is 16.6 Å². The van der Waals surface area contributed by atoms with Crippen molar-refractivity contribution in [2.75, 3.05) is 5.32 Å². The Hall–Kier alpha value is -2.31. The van der Waals surface area contributed by atoms with Crippen LogP contribution in [0.3, 0.4) is 0 Å². The van der Waals surface area contributed by atoms with E-state index in [9.17, 15) is 9.59 Å². The van der Waals surface area contributed by atoms with Crippen LogP contribution in [0.4, 0.5) is 5.69 Å². The van der Waals surface area contributed by atoms with Crippen LogP contribution in [0.25, 0.3) is 10.2 Å². The number of hydrogen-bond acceptors (Lipinski definition) is 4. The van der Waals surface area contributed by atoms with E-state index in [1.807, 2.05) is 13.0 Å². The van der Waals surface area contributed by atoms with Crippen molar-refractivity contribution < 1.29 is 9.53 Å². The number of aromatic nitrogens is 1. The van der Waals surface area contributed by atoms with Gasteiger partial charge in [0.1, 0.15) is 5.75 Å². The smallest absolute Gasteiger partial charge is 0.308 e. The molecule has 1 N–H and O–H groups in total. The van der Waals surface area contributed by atoms with Crippen molar-refractivity contribution in [2.45, 2.75) is 26.5 Å². The summed E-state index contributed by atoms with van der Waals surface area (Å²) in [5, 5.41) is 3.26. The van der Waals surface area contributed by atoms with Crippen molar-refractivity contribution in [1.29, 1.82) is 0 Å². The van der Waals surface area contributed by atoms with Gasteiger partial charge in [0.2, 0.25) is 0 Å². The minimum absolute atomic E-state index is 0.00334. The molecule has 5 nitrogen and oxygen atoms in total. The summed E-state index contributed by atoms with van der Waals surface area (Å²) in [5.74, 6) is 0.169. The van der Waals surface area contributed by atoms with E-state index in [2.05, 4.69) is 5.32 Å². The highest BCUT2D eigenvalue weighted by Gasteiger charge is 2.17. The maximum Gasteiger partial charge on any atom is 0.308 e. The van der Waals surface area contributed by atoms with Crippen molar-refractivity contribution in [3.63, 3.8) is 0 Å². The van der Waals surface area contributed by atoms with Crippen LogP contribution in [0, 0.1) is 0 Å². The molecule has 1 aromatic heterocycles. The van der Waals surface area contributed by atoms with Gasteiger partial charge < -0.3 is 10.1 Å². The molecule has 0 spiro atoms. The zero-order chi connectivity index (χ0) is 18.0. The number of amides is 1. The Morgan fingerprint density at radius 3 is 2.80 bits per heavy atom. The number of thiazole rings is 1. The average Bonchev–Trinajstić information content (AvgIpc) is 2.91. The van der Waals surface area contributed by atoms with Crippen LogP contribution in [0.15, 0.2) is 47.3 Å². The van der Waals surface area contributed by atoms with Crippen LogP contribution in [-0.2, 0) is 11.3 Å². The van der Waals surface area contributed by atoms with E-state index >= 15 is 0 Å². The number of aryl methyl sites for hydroxylation is 1. The lowest BCUT2D eigenvalue weighted by molar-refractivity contribution is -0.122. The van der Waals surface area contributed by atoms with Gasteiger partial charge in [-0.1, -0.05) is 35.1 Å². The second-order valence-corrected chi connectivity index (χ2v) is 6.87. The second-order valence-electron chi connectivity index (χ2n) is 5.47. The van der Waals surface area contributed by atoms with Crippen molar-refractivity contribution in [3.05, 3.63) is 57.2 Å². The molecule has 0 bridgehead atoms. The third kappa shape index (κ3) is 3.70. The summed E-state index contributed by atoms with van der Waals surface area (Å²) in [6.45, 7) is 4.20. The topological polar surface area (TPSA) is 60.3 Å². The molecule has 0 saturated heterocycles. The summed E-state index contributed by atoms with van der Waals surface area (Å²) in [5.41, 5.74) is 1.49. The minimum Gasteiger partial charge on any atom is -0.479 e. The van der Waals surface area contributed by atoms with Crippen LogP contribution in [0.1, 0.15) is 13.8 Å². The first-order valence-corrected chi connectivity index (χ1v) is 9.04. The fourth-order valence-electron chi connectivity index (χ4n) is 2.47. The SMILES string of the molecule is CCn1c(=O)sc2cc(NC(=O)C(C)Oc3ccccc3Cl)ccc21. The summed E-state index contributed by atoms with van der Waals surface area (Å²) in [7, 11) is 0. The highest BCUT2D eigenvalue weighted by atomic mass is 35.5. The Balaban J connectivity index is 1.75. The number of anilines is 1. The number of carbonyl (C=O) groups excluding carboxylic acids is 1. The van der Waals surface area contributed by atoms with E-state index < -0.39 is 6.10 Å². The maximum absolute atomic E-state index is 12.3. The Morgan fingerprint density at radius 1 is 1.32 bits per heavy atom. The van der Waals surface area contributed by atoms with Crippen LogP contribution < -0.4 is 14.9 Å². The third-order valence-electron chi connectivity index (χ3n) is 3.76. The summed E-state index contributed by atoms with van der Waals surface area (Å²) in [6.07, 6.45) is -0.713. The number of nitrogens with zero attached hydrogens (tertiary/aromatic N) is 1. The summed E-state index contributed by atoms with van der Waals surface area (Å²) in [6, 6.07) is 12.4. The molecule has 0 aliphatic carbocycles. The number of halogens is 1. The fraction of sp³-hybridized carbons (Fsp3) is 0.222. The monoisotopic (exact) mass is 376 g/mol. The van der Waals surface area contributed by atoms with Crippen molar-refractivity contribution in [2.24, 2.45) is 0 Å². The van der Waals surface area contributed by atoms with Crippen LogP contribution in [0.2, 0.25) is 5.02 Å². The molecule has 2 aromatic carbocycles. The molecule has 0 aliphatic heterocycles. The molecule has 1 heterocycles. The first-order chi connectivity index (χ1) is 12.0. The standard InChI is InChI=1S/C18H17ClN2O3S/c1-3-21-14-9-8-12(10-16(14)25-18(21)23)20-17(22)11(2)24-15-7-5-4-6-13(15)19/h4-11H,3H2,1-2H3,(H,20,22). The van der Waals surface area contributed by atoms with E-state index in [-0.39, 0.29) is 10.8 Å². The van der Waals surface area contributed by atoms with Gasteiger partial charge in [0.05, 0.1) is 15.2 Å². The Morgan fingerprint density at radius 2 is 2.08 bits per heavy atom. The van der Waals surface area contributed by atoms with Gasteiger partial charge >= 0.3 is 4.87 Å². The molecule has 3 rings (SSSR count). The summed E-state index contributed by atoms with van der Waals surface area (Å²) >= 11 is 7.21. The van der Waals surface area contributed by atoms with E-state index in [4.69, 9.17) is 16.3 Å². The van der Waals surface area contributed by atoms with Gasteiger partial charge in [-0.3, -0.25) is 14.2 Å². The molecular weight excluding hydrogens is 360 g/mol. The van der Waals surface area contributed by atoms with Crippen molar-refractivity contribution in [3.8, 4) is 5.75 Å². The average molecular weight is 377 g/mol. The number of rotatable bonds is 5. The lowest BCUT2D eigenvalue weighted by atomic mass is 10.2. The normalized spacial score (nSPS) is 12.1. The van der Waals surface area contributed by atoms with Gasteiger partial charge in [-0.05, 0) is 44.2 Å². The minimum atomic E-state index is -0.713. The zero-order valence-electron chi connectivity index (χ0n) is 13.8. The van der Waals surface area contributed by atoms with Gasteiger partial charge in [0.15, 0.2) is 6.10 Å². The third-order valence-corrected chi connectivity index (χ3v) is 5.02. The zero-order valence-corrected chi connectivity index (χ0v) is 15.4. The number of para-hydroxylation sites is 1. The number of hydrogen-bond donors (Lipinski definition) is 1. The van der Waals surface area contributed by atoms with Gasteiger partial charge in [0, 0.05) is 12.2 Å². The van der Waals surface area contributed by atoms with E-state index in [1.54, 1.807) is 47.9 Å². The second kappa shape index (κ2) is 7.29. The molecule has 1 unspecified atom stereocenters. The molecule has 3 aromatic rings. The first-order valence-electron chi connectivity index (χ1n) is 7.85. The van der Waals surface area contributed by atoms with Gasteiger partial charge in [-0.2, -0.15) is 0 Å².